The van der Waals surface area contributed by atoms with E-state index in [1.54, 1.807) is 18.1 Å². The minimum Gasteiger partial charge on any atom is -0.342 e. The third kappa shape index (κ3) is 3.17. The minimum atomic E-state index is -0.388. The number of aromatic nitrogens is 1. The van der Waals surface area contributed by atoms with Crippen molar-refractivity contribution in [1.29, 1.82) is 0 Å². The summed E-state index contributed by atoms with van der Waals surface area (Å²) in [6.45, 7) is 5.59. The number of nitrogens with zero attached hydrogens (tertiary/aromatic N) is 3. The molecule has 2 saturated heterocycles. The Hall–Kier alpha value is -1.91. The molecule has 1 aromatic rings. The van der Waals surface area contributed by atoms with Gasteiger partial charge in [0.1, 0.15) is 0 Å². The standard InChI is InChI=1S/C19H27N3O2/c1-19(2)16(12-17(23)21(19)3)18(24)22-9-6-14(7-10-22)11-15-5-4-8-20-13-15/h4-5,8,13-14,16H,6-7,9-12H2,1-3H3/t16-/m0/s1. The number of hydrogen-bond donors (Lipinski definition) is 0. The zero-order valence-electron chi connectivity index (χ0n) is 14.9. The van der Waals surface area contributed by atoms with Crippen molar-refractivity contribution in [1.82, 2.24) is 14.8 Å². The van der Waals surface area contributed by atoms with Gasteiger partial charge < -0.3 is 9.80 Å². The number of hydrogen-bond acceptors (Lipinski definition) is 3. The summed E-state index contributed by atoms with van der Waals surface area (Å²) in [5.74, 6) is 0.617. The lowest BCUT2D eigenvalue weighted by Gasteiger charge is -2.38. The quantitative estimate of drug-likeness (QED) is 0.853. The van der Waals surface area contributed by atoms with Crippen molar-refractivity contribution in [3.63, 3.8) is 0 Å². The molecule has 0 spiro atoms. The van der Waals surface area contributed by atoms with E-state index in [1.807, 2.05) is 31.0 Å². The first-order valence-electron chi connectivity index (χ1n) is 8.84. The van der Waals surface area contributed by atoms with Gasteiger partial charge in [0.15, 0.2) is 0 Å². The fourth-order valence-corrected chi connectivity index (χ4v) is 3.94. The first-order chi connectivity index (χ1) is 11.4. The second-order valence-corrected chi connectivity index (χ2v) is 7.70. The zero-order valence-corrected chi connectivity index (χ0v) is 14.9. The first-order valence-corrected chi connectivity index (χ1v) is 8.84. The van der Waals surface area contributed by atoms with Gasteiger partial charge in [0.25, 0.3) is 0 Å². The van der Waals surface area contributed by atoms with E-state index in [-0.39, 0.29) is 23.3 Å². The zero-order chi connectivity index (χ0) is 17.3. The van der Waals surface area contributed by atoms with Crippen LogP contribution in [0.2, 0.25) is 0 Å². The largest absolute Gasteiger partial charge is 0.342 e. The van der Waals surface area contributed by atoms with Crippen LogP contribution in [0.15, 0.2) is 24.5 Å². The molecule has 0 aliphatic carbocycles. The Labute approximate surface area is 144 Å². The molecule has 0 saturated carbocycles. The number of pyridine rings is 1. The highest BCUT2D eigenvalue weighted by Crippen LogP contribution is 2.36. The highest BCUT2D eigenvalue weighted by atomic mass is 16.2. The van der Waals surface area contributed by atoms with Crippen molar-refractivity contribution in [3.8, 4) is 0 Å². The second-order valence-electron chi connectivity index (χ2n) is 7.70. The van der Waals surface area contributed by atoms with Crippen molar-refractivity contribution < 1.29 is 9.59 Å². The molecule has 0 bridgehead atoms. The maximum atomic E-state index is 12.9. The summed E-state index contributed by atoms with van der Waals surface area (Å²) >= 11 is 0. The first kappa shape index (κ1) is 16.9. The highest BCUT2D eigenvalue weighted by molar-refractivity contribution is 5.91. The molecule has 3 heterocycles. The van der Waals surface area contributed by atoms with Gasteiger partial charge in [0.2, 0.25) is 11.8 Å². The van der Waals surface area contributed by atoms with Crippen molar-refractivity contribution in [2.75, 3.05) is 20.1 Å². The number of amides is 2. The van der Waals surface area contributed by atoms with E-state index in [0.717, 1.165) is 32.4 Å². The van der Waals surface area contributed by atoms with Crippen LogP contribution < -0.4 is 0 Å². The van der Waals surface area contributed by atoms with Gasteiger partial charge in [-0.15, -0.1) is 0 Å². The van der Waals surface area contributed by atoms with Crippen LogP contribution in [-0.2, 0) is 16.0 Å². The predicted octanol–water partition coefficient (Wildman–Crippen LogP) is 2.12. The van der Waals surface area contributed by atoms with Gasteiger partial charge in [-0.1, -0.05) is 6.07 Å². The van der Waals surface area contributed by atoms with Gasteiger partial charge >= 0.3 is 0 Å². The summed E-state index contributed by atoms with van der Waals surface area (Å²) < 4.78 is 0. The molecular formula is C19H27N3O2. The number of likely N-dealkylation sites (tertiary alicyclic amines) is 2. The molecule has 0 N–H and O–H groups in total. The fourth-order valence-electron chi connectivity index (χ4n) is 3.94. The SMILES string of the molecule is CN1C(=O)C[C@@H](C(=O)N2CCC(Cc3cccnc3)CC2)C1(C)C. The van der Waals surface area contributed by atoms with Crippen LogP contribution in [0.3, 0.4) is 0 Å². The van der Waals surface area contributed by atoms with Crippen molar-refractivity contribution in [2.24, 2.45) is 11.8 Å². The van der Waals surface area contributed by atoms with Gasteiger partial charge in [-0.05, 0) is 50.7 Å². The van der Waals surface area contributed by atoms with E-state index in [1.165, 1.54) is 5.56 Å². The van der Waals surface area contributed by atoms with Crippen LogP contribution in [0, 0.1) is 11.8 Å². The fraction of sp³-hybridized carbons (Fsp3) is 0.632. The number of carbonyl (C=O) groups is 2. The summed E-state index contributed by atoms with van der Waals surface area (Å²) in [7, 11) is 1.80. The molecule has 2 aliphatic heterocycles. The van der Waals surface area contributed by atoms with Gasteiger partial charge in [0.05, 0.1) is 5.92 Å². The molecular weight excluding hydrogens is 302 g/mol. The van der Waals surface area contributed by atoms with Crippen LogP contribution in [0.1, 0.15) is 38.7 Å². The van der Waals surface area contributed by atoms with E-state index in [0.29, 0.717) is 12.3 Å². The van der Waals surface area contributed by atoms with Crippen molar-refractivity contribution in [3.05, 3.63) is 30.1 Å². The van der Waals surface area contributed by atoms with E-state index >= 15 is 0 Å². The molecule has 3 rings (SSSR count). The smallest absolute Gasteiger partial charge is 0.228 e. The number of carbonyl (C=O) groups excluding carboxylic acids is 2. The molecule has 0 aromatic carbocycles. The predicted molar refractivity (Wildman–Crippen MR) is 92.2 cm³/mol. The molecule has 0 radical (unpaired) electrons. The molecule has 0 unspecified atom stereocenters. The van der Waals surface area contributed by atoms with Crippen LogP contribution in [0.5, 0.6) is 0 Å². The maximum Gasteiger partial charge on any atom is 0.228 e. The van der Waals surface area contributed by atoms with E-state index in [9.17, 15) is 9.59 Å². The summed E-state index contributed by atoms with van der Waals surface area (Å²) in [6, 6.07) is 4.09. The summed E-state index contributed by atoms with van der Waals surface area (Å²) in [4.78, 5) is 32.8. The number of rotatable bonds is 3. The Kier molecular flexibility index (Phi) is 4.61. The molecule has 2 amide bonds. The second kappa shape index (κ2) is 6.54. The minimum absolute atomic E-state index is 0.0739. The lowest BCUT2D eigenvalue weighted by atomic mass is 9.85. The Balaban J connectivity index is 1.57. The molecule has 2 aliphatic rings. The Morgan fingerprint density at radius 2 is 2.04 bits per heavy atom. The topological polar surface area (TPSA) is 53.5 Å². The Bertz CT molecular complexity index is 606. The third-order valence-corrected chi connectivity index (χ3v) is 5.94. The van der Waals surface area contributed by atoms with E-state index in [2.05, 4.69) is 11.1 Å². The van der Waals surface area contributed by atoms with E-state index in [4.69, 9.17) is 0 Å². The van der Waals surface area contributed by atoms with Gasteiger partial charge in [0, 0.05) is 44.5 Å². The van der Waals surface area contributed by atoms with Gasteiger partial charge in [-0.2, -0.15) is 0 Å². The molecule has 24 heavy (non-hydrogen) atoms. The molecule has 130 valence electrons. The Morgan fingerprint density at radius 3 is 2.58 bits per heavy atom. The molecule has 5 nitrogen and oxygen atoms in total. The van der Waals surface area contributed by atoms with Crippen LogP contribution in [0.4, 0.5) is 0 Å². The third-order valence-electron chi connectivity index (χ3n) is 5.94. The van der Waals surface area contributed by atoms with Crippen LogP contribution >= 0.6 is 0 Å². The van der Waals surface area contributed by atoms with Gasteiger partial charge in [-0.3, -0.25) is 14.6 Å². The van der Waals surface area contributed by atoms with Gasteiger partial charge in [-0.25, -0.2) is 0 Å². The van der Waals surface area contributed by atoms with Crippen molar-refractivity contribution >= 4 is 11.8 Å². The normalized spacial score (nSPS) is 24.5. The number of piperidine rings is 1. The molecule has 5 heteroatoms. The van der Waals surface area contributed by atoms with E-state index < -0.39 is 0 Å². The highest BCUT2D eigenvalue weighted by Gasteiger charge is 2.49. The summed E-state index contributed by atoms with van der Waals surface area (Å²) in [5, 5.41) is 0. The summed E-state index contributed by atoms with van der Waals surface area (Å²) in [5.41, 5.74) is 0.882. The maximum absolute atomic E-state index is 12.9. The average molecular weight is 329 g/mol. The van der Waals surface area contributed by atoms with Crippen LogP contribution in [0.25, 0.3) is 0 Å². The molecule has 1 atom stereocenters. The monoisotopic (exact) mass is 329 g/mol. The lowest BCUT2D eigenvalue weighted by molar-refractivity contribution is -0.139. The molecule has 1 aromatic heterocycles. The van der Waals surface area contributed by atoms with Crippen LogP contribution in [-0.4, -0.2) is 52.3 Å². The molecule has 2 fully saturated rings. The van der Waals surface area contributed by atoms with Crippen molar-refractivity contribution in [2.45, 2.75) is 45.1 Å². The summed E-state index contributed by atoms with van der Waals surface area (Å²) in [6.07, 6.45) is 7.16. The lowest BCUT2D eigenvalue weighted by Crippen LogP contribution is -2.50. The Morgan fingerprint density at radius 1 is 1.33 bits per heavy atom. The average Bonchev–Trinajstić information content (AvgIpc) is 2.79.